The first-order valence-corrected chi connectivity index (χ1v) is 4.41. The number of pyridine rings is 1. The quantitative estimate of drug-likeness (QED) is 0.768. The maximum Gasteiger partial charge on any atom is 0.356 e. The van der Waals surface area contributed by atoms with E-state index in [4.69, 9.17) is 5.11 Å². The first-order chi connectivity index (χ1) is 7.72. The zero-order valence-corrected chi connectivity index (χ0v) is 8.07. The predicted octanol–water partition coefficient (Wildman–Crippen LogP) is 0.778. The molecule has 0 spiro atoms. The summed E-state index contributed by atoms with van der Waals surface area (Å²) in [6.07, 6.45) is 5.02. The van der Waals surface area contributed by atoms with Gasteiger partial charge in [-0.3, -0.25) is 9.78 Å². The molecule has 0 radical (unpaired) electrons. The van der Waals surface area contributed by atoms with Gasteiger partial charge in [0.05, 0.1) is 11.3 Å². The van der Waals surface area contributed by atoms with Crippen LogP contribution in [0.3, 0.4) is 0 Å². The standard InChI is InChI=1S/C10H7N3O3/c14-6-7-5-11-3-1-9(7)13-4-2-8(12-13)10(15)16/h1-6H,(H,15,16). The fraction of sp³-hybridized carbons (Fsp3) is 0. The van der Waals surface area contributed by atoms with Crippen molar-refractivity contribution in [2.24, 2.45) is 0 Å². The maximum absolute atomic E-state index is 10.7. The monoisotopic (exact) mass is 217 g/mol. The van der Waals surface area contributed by atoms with Crippen LogP contribution in [0.1, 0.15) is 20.8 Å². The summed E-state index contributed by atoms with van der Waals surface area (Å²) in [5, 5.41) is 12.5. The molecule has 16 heavy (non-hydrogen) atoms. The molecule has 0 atom stereocenters. The van der Waals surface area contributed by atoms with E-state index in [0.29, 0.717) is 17.5 Å². The first kappa shape index (κ1) is 10.0. The number of aromatic nitrogens is 3. The molecule has 0 aliphatic heterocycles. The third-order valence-corrected chi connectivity index (χ3v) is 2.01. The second-order valence-corrected chi connectivity index (χ2v) is 3.00. The molecular formula is C10H7N3O3. The van der Waals surface area contributed by atoms with Gasteiger partial charge in [-0.15, -0.1) is 0 Å². The van der Waals surface area contributed by atoms with Crippen molar-refractivity contribution in [3.8, 4) is 5.69 Å². The molecule has 2 heterocycles. The molecule has 2 rings (SSSR count). The van der Waals surface area contributed by atoms with Crippen LogP contribution in [0.15, 0.2) is 30.7 Å². The average molecular weight is 217 g/mol. The Labute approximate surface area is 90.2 Å². The van der Waals surface area contributed by atoms with Gasteiger partial charge in [-0.1, -0.05) is 0 Å². The number of rotatable bonds is 3. The molecule has 0 fully saturated rings. The Bertz CT molecular complexity index is 548. The second kappa shape index (κ2) is 3.93. The van der Waals surface area contributed by atoms with E-state index in [0.717, 1.165) is 0 Å². The number of carbonyl (C=O) groups is 2. The van der Waals surface area contributed by atoms with Crippen LogP contribution >= 0.6 is 0 Å². The third-order valence-electron chi connectivity index (χ3n) is 2.01. The lowest BCUT2D eigenvalue weighted by Crippen LogP contribution is -2.03. The smallest absolute Gasteiger partial charge is 0.356 e. The van der Waals surface area contributed by atoms with Crippen LogP contribution in [0.5, 0.6) is 0 Å². The van der Waals surface area contributed by atoms with Crippen LogP contribution in [0.4, 0.5) is 0 Å². The number of hydrogen-bond donors (Lipinski definition) is 1. The van der Waals surface area contributed by atoms with Crippen LogP contribution in [-0.4, -0.2) is 32.1 Å². The lowest BCUT2D eigenvalue weighted by Gasteiger charge is -2.02. The van der Waals surface area contributed by atoms with Gasteiger partial charge in [0, 0.05) is 18.6 Å². The van der Waals surface area contributed by atoms with E-state index in [-0.39, 0.29) is 5.69 Å². The zero-order valence-electron chi connectivity index (χ0n) is 8.07. The molecule has 6 nitrogen and oxygen atoms in total. The summed E-state index contributed by atoms with van der Waals surface area (Å²) >= 11 is 0. The van der Waals surface area contributed by atoms with Crippen molar-refractivity contribution in [1.82, 2.24) is 14.8 Å². The van der Waals surface area contributed by atoms with Crippen molar-refractivity contribution < 1.29 is 14.7 Å². The molecule has 0 aliphatic rings. The Morgan fingerprint density at radius 2 is 2.25 bits per heavy atom. The molecule has 2 aromatic rings. The highest BCUT2D eigenvalue weighted by atomic mass is 16.4. The van der Waals surface area contributed by atoms with Crippen LogP contribution in [0, 0.1) is 0 Å². The van der Waals surface area contributed by atoms with Crippen molar-refractivity contribution in [3.05, 3.63) is 42.0 Å². The maximum atomic E-state index is 10.7. The van der Waals surface area contributed by atoms with Crippen molar-refractivity contribution in [2.75, 3.05) is 0 Å². The molecule has 0 amide bonds. The summed E-state index contributed by atoms with van der Waals surface area (Å²) in [6.45, 7) is 0. The second-order valence-electron chi connectivity index (χ2n) is 3.00. The lowest BCUT2D eigenvalue weighted by molar-refractivity contribution is 0.0690. The van der Waals surface area contributed by atoms with Crippen molar-refractivity contribution >= 4 is 12.3 Å². The highest BCUT2D eigenvalue weighted by molar-refractivity contribution is 5.85. The minimum absolute atomic E-state index is 0.0753. The minimum Gasteiger partial charge on any atom is -0.476 e. The fourth-order valence-electron chi connectivity index (χ4n) is 1.27. The van der Waals surface area contributed by atoms with Crippen LogP contribution in [0.2, 0.25) is 0 Å². The van der Waals surface area contributed by atoms with E-state index in [9.17, 15) is 9.59 Å². The van der Waals surface area contributed by atoms with Crippen LogP contribution < -0.4 is 0 Å². The Balaban J connectivity index is 2.50. The highest BCUT2D eigenvalue weighted by Crippen LogP contribution is 2.10. The Morgan fingerprint density at radius 3 is 2.88 bits per heavy atom. The molecule has 0 saturated carbocycles. The van der Waals surface area contributed by atoms with E-state index >= 15 is 0 Å². The van der Waals surface area contributed by atoms with E-state index in [2.05, 4.69) is 10.1 Å². The summed E-state index contributed by atoms with van der Waals surface area (Å²) < 4.78 is 1.33. The summed E-state index contributed by atoms with van der Waals surface area (Å²) in [5.74, 6) is -1.11. The van der Waals surface area contributed by atoms with Gasteiger partial charge >= 0.3 is 5.97 Å². The average Bonchev–Trinajstić information content (AvgIpc) is 2.78. The van der Waals surface area contributed by atoms with Gasteiger partial charge in [0.25, 0.3) is 0 Å². The number of carbonyl (C=O) groups excluding carboxylic acids is 1. The van der Waals surface area contributed by atoms with Crippen LogP contribution in [-0.2, 0) is 0 Å². The van der Waals surface area contributed by atoms with E-state index in [1.165, 1.54) is 29.3 Å². The number of nitrogens with zero attached hydrogens (tertiary/aromatic N) is 3. The van der Waals surface area contributed by atoms with Crippen molar-refractivity contribution in [2.45, 2.75) is 0 Å². The van der Waals surface area contributed by atoms with Gasteiger partial charge in [-0.05, 0) is 12.1 Å². The number of aldehydes is 1. The van der Waals surface area contributed by atoms with Gasteiger partial charge < -0.3 is 5.11 Å². The van der Waals surface area contributed by atoms with Gasteiger partial charge in [-0.25, -0.2) is 9.48 Å². The Kier molecular flexibility index (Phi) is 2.47. The van der Waals surface area contributed by atoms with Crippen LogP contribution in [0.25, 0.3) is 5.69 Å². The number of aromatic carboxylic acids is 1. The van der Waals surface area contributed by atoms with E-state index in [1.807, 2.05) is 0 Å². The highest BCUT2D eigenvalue weighted by Gasteiger charge is 2.09. The molecule has 0 aliphatic carbocycles. The molecule has 0 saturated heterocycles. The van der Waals surface area contributed by atoms with Crippen molar-refractivity contribution in [3.63, 3.8) is 0 Å². The Morgan fingerprint density at radius 1 is 1.44 bits per heavy atom. The molecule has 6 heteroatoms. The molecule has 0 unspecified atom stereocenters. The fourth-order valence-corrected chi connectivity index (χ4v) is 1.27. The summed E-state index contributed by atoms with van der Waals surface area (Å²) in [6, 6.07) is 2.94. The molecule has 2 aromatic heterocycles. The molecule has 1 N–H and O–H groups in total. The normalized spacial score (nSPS) is 10.0. The van der Waals surface area contributed by atoms with Crippen molar-refractivity contribution in [1.29, 1.82) is 0 Å². The third kappa shape index (κ3) is 1.68. The summed E-state index contributed by atoms with van der Waals surface area (Å²) in [7, 11) is 0. The molecule has 80 valence electrons. The van der Waals surface area contributed by atoms with Gasteiger partial charge in [0.1, 0.15) is 0 Å². The largest absolute Gasteiger partial charge is 0.476 e. The summed E-state index contributed by atoms with van der Waals surface area (Å²) in [4.78, 5) is 25.2. The minimum atomic E-state index is -1.11. The number of hydrogen-bond acceptors (Lipinski definition) is 4. The topological polar surface area (TPSA) is 85.1 Å². The summed E-state index contributed by atoms with van der Waals surface area (Å²) in [5.41, 5.74) is 0.772. The number of carboxylic acids is 1. The predicted molar refractivity (Wildman–Crippen MR) is 53.7 cm³/mol. The van der Waals surface area contributed by atoms with Gasteiger partial charge in [0.15, 0.2) is 12.0 Å². The zero-order chi connectivity index (χ0) is 11.5. The molecule has 0 aromatic carbocycles. The molecular weight excluding hydrogens is 210 g/mol. The number of carboxylic acid groups (broad SMARTS) is 1. The van der Waals surface area contributed by atoms with E-state index < -0.39 is 5.97 Å². The Hall–Kier alpha value is -2.50. The van der Waals surface area contributed by atoms with E-state index in [1.54, 1.807) is 6.07 Å². The SMILES string of the molecule is O=Cc1cnccc1-n1ccc(C(=O)O)n1. The van der Waals surface area contributed by atoms with Gasteiger partial charge in [-0.2, -0.15) is 5.10 Å². The lowest BCUT2D eigenvalue weighted by atomic mass is 10.2. The van der Waals surface area contributed by atoms with Gasteiger partial charge in [0.2, 0.25) is 0 Å². The molecule has 0 bridgehead atoms. The first-order valence-electron chi connectivity index (χ1n) is 4.41.